The molecule has 90 valence electrons. The highest BCUT2D eigenvalue weighted by atomic mass is 79.9. The van der Waals surface area contributed by atoms with Crippen molar-refractivity contribution in [3.8, 4) is 0 Å². The third kappa shape index (κ3) is 55.5. The van der Waals surface area contributed by atoms with Crippen molar-refractivity contribution >= 4 is 15.9 Å². The van der Waals surface area contributed by atoms with Crippen LogP contribution in [-0.4, -0.2) is 39.1 Å². The summed E-state index contributed by atoms with van der Waals surface area (Å²) in [4.78, 5) is 0. The molecule has 0 saturated carbocycles. The third-order valence-electron chi connectivity index (χ3n) is 0.868. The maximum Gasteiger partial charge on any atom is 0.102 e. The summed E-state index contributed by atoms with van der Waals surface area (Å²) in [7, 11) is 4.95. The van der Waals surface area contributed by atoms with E-state index < -0.39 is 0 Å². The highest BCUT2D eigenvalue weighted by molar-refractivity contribution is 9.09. The molecule has 0 aliphatic heterocycles. The number of halogens is 1. The number of alkyl halides is 1. The molecular formula is C10H25BrO3. The van der Waals surface area contributed by atoms with Gasteiger partial charge in [-0.3, -0.25) is 0 Å². The molecule has 3 nitrogen and oxygen atoms in total. The molecule has 0 aliphatic carbocycles. The molecule has 0 atom stereocenters. The van der Waals surface area contributed by atoms with E-state index in [2.05, 4.69) is 20.7 Å². The number of hydrogen-bond donors (Lipinski definition) is 0. The van der Waals surface area contributed by atoms with Crippen molar-refractivity contribution in [2.45, 2.75) is 39.9 Å². The SMILES string of the molecule is CC(C)OCBr.COC.COC(C)C. The Hall–Kier alpha value is 0.360. The largest absolute Gasteiger partial charge is 0.388 e. The van der Waals surface area contributed by atoms with Gasteiger partial charge in [0.15, 0.2) is 0 Å². The Kier molecular flexibility index (Phi) is 27.0. The molecule has 0 saturated heterocycles. The first-order valence-electron chi connectivity index (χ1n) is 4.56. The lowest BCUT2D eigenvalue weighted by Crippen LogP contribution is -1.98. The molecule has 0 unspecified atom stereocenters. The Morgan fingerprint density at radius 3 is 1.21 bits per heavy atom. The van der Waals surface area contributed by atoms with E-state index in [1.807, 2.05) is 27.7 Å². The van der Waals surface area contributed by atoms with E-state index in [0.717, 1.165) is 0 Å². The minimum Gasteiger partial charge on any atom is -0.388 e. The summed E-state index contributed by atoms with van der Waals surface area (Å²) in [5.74, 6) is 0. The second-order valence-corrected chi connectivity index (χ2v) is 3.48. The molecule has 0 heterocycles. The fourth-order valence-corrected chi connectivity index (χ4v) is 0.655. The Bertz CT molecular complexity index is 77.8. The molecule has 0 aliphatic rings. The zero-order valence-electron chi connectivity index (χ0n) is 10.5. The van der Waals surface area contributed by atoms with Crippen LogP contribution in [0.3, 0.4) is 0 Å². The van der Waals surface area contributed by atoms with Crippen LogP contribution in [0.4, 0.5) is 0 Å². The van der Waals surface area contributed by atoms with E-state index >= 15 is 0 Å². The minimum atomic E-state index is 0.351. The van der Waals surface area contributed by atoms with Gasteiger partial charge in [0.1, 0.15) is 5.52 Å². The average molecular weight is 273 g/mol. The standard InChI is InChI=1S/C4H9BrO.C4H10O.C2H6O/c1-4(2)6-3-5;1-4(2)5-3;1-3-2/h4H,3H2,1-2H3;4H,1-3H3;1-2H3. The van der Waals surface area contributed by atoms with Crippen molar-refractivity contribution in [1.29, 1.82) is 0 Å². The quantitative estimate of drug-likeness (QED) is 0.740. The summed E-state index contributed by atoms with van der Waals surface area (Å²) >= 11 is 3.13. The zero-order valence-corrected chi connectivity index (χ0v) is 12.1. The maximum atomic E-state index is 4.96. The van der Waals surface area contributed by atoms with E-state index in [4.69, 9.17) is 9.47 Å². The van der Waals surface area contributed by atoms with E-state index in [1.165, 1.54) is 0 Å². The first-order chi connectivity index (χ1) is 6.45. The summed E-state index contributed by atoms with van der Waals surface area (Å²) in [6, 6.07) is 0. The van der Waals surface area contributed by atoms with Crippen LogP contribution in [0.5, 0.6) is 0 Å². The lowest BCUT2D eigenvalue weighted by Gasteiger charge is -1.99. The van der Waals surface area contributed by atoms with Gasteiger partial charge in [-0.1, -0.05) is 15.9 Å². The van der Waals surface area contributed by atoms with Crippen LogP contribution in [-0.2, 0) is 14.2 Å². The Labute approximate surface area is 97.2 Å². The van der Waals surface area contributed by atoms with Crippen LogP contribution in [0, 0.1) is 0 Å². The van der Waals surface area contributed by atoms with Gasteiger partial charge in [-0.2, -0.15) is 0 Å². The molecule has 0 spiro atoms. The predicted molar refractivity (Wildman–Crippen MR) is 65.1 cm³/mol. The van der Waals surface area contributed by atoms with Gasteiger partial charge in [0.25, 0.3) is 0 Å². The number of hydrogen-bond acceptors (Lipinski definition) is 3. The molecule has 0 aromatic heterocycles. The van der Waals surface area contributed by atoms with E-state index in [-0.39, 0.29) is 0 Å². The second-order valence-electron chi connectivity index (χ2n) is 3.02. The predicted octanol–water partition coefficient (Wildman–Crippen LogP) is 3.07. The zero-order chi connectivity index (χ0) is 12.0. The molecular weight excluding hydrogens is 248 g/mol. The molecule has 0 rings (SSSR count). The molecule has 0 bridgehead atoms. The fraction of sp³-hybridized carbons (Fsp3) is 1.00. The Balaban J connectivity index is -0.000000138. The number of rotatable bonds is 3. The van der Waals surface area contributed by atoms with Crippen LogP contribution >= 0.6 is 15.9 Å². The second kappa shape index (κ2) is 19.0. The third-order valence-corrected chi connectivity index (χ3v) is 1.13. The van der Waals surface area contributed by atoms with Crippen LogP contribution in [0.15, 0.2) is 0 Å². The molecule has 0 aromatic carbocycles. The first kappa shape index (κ1) is 19.9. The van der Waals surface area contributed by atoms with Gasteiger partial charge in [-0.15, -0.1) is 0 Å². The van der Waals surface area contributed by atoms with Gasteiger partial charge in [0.2, 0.25) is 0 Å². The van der Waals surface area contributed by atoms with Gasteiger partial charge in [0, 0.05) is 21.3 Å². The highest BCUT2D eigenvalue weighted by Gasteiger charge is 1.84. The van der Waals surface area contributed by atoms with Crippen molar-refractivity contribution in [3.63, 3.8) is 0 Å². The van der Waals surface area contributed by atoms with Gasteiger partial charge in [0.05, 0.1) is 12.2 Å². The molecule has 0 amide bonds. The monoisotopic (exact) mass is 272 g/mol. The van der Waals surface area contributed by atoms with Crippen molar-refractivity contribution < 1.29 is 14.2 Å². The summed E-state index contributed by atoms with van der Waals surface area (Å²) in [6.07, 6.45) is 0.736. The molecule has 0 aromatic rings. The van der Waals surface area contributed by atoms with Crippen LogP contribution in [0.25, 0.3) is 0 Å². The molecule has 14 heavy (non-hydrogen) atoms. The topological polar surface area (TPSA) is 27.7 Å². The summed E-state index contributed by atoms with van der Waals surface area (Å²) in [5.41, 5.74) is 0.644. The smallest absolute Gasteiger partial charge is 0.102 e. The summed E-state index contributed by atoms with van der Waals surface area (Å²) in [5, 5.41) is 0. The fourth-order valence-electron chi connectivity index (χ4n) is 0.126. The minimum absolute atomic E-state index is 0.351. The number of ether oxygens (including phenoxy) is 3. The van der Waals surface area contributed by atoms with Gasteiger partial charge >= 0.3 is 0 Å². The van der Waals surface area contributed by atoms with Crippen LogP contribution in [0.2, 0.25) is 0 Å². The van der Waals surface area contributed by atoms with Crippen molar-refractivity contribution in [3.05, 3.63) is 0 Å². The van der Waals surface area contributed by atoms with Crippen LogP contribution in [0.1, 0.15) is 27.7 Å². The Morgan fingerprint density at radius 1 is 0.929 bits per heavy atom. The summed E-state index contributed by atoms with van der Waals surface area (Å²) < 4.78 is 14.0. The van der Waals surface area contributed by atoms with Crippen molar-refractivity contribution in [2.24, 2.45) is 0 Å². The van der Waals surface area contributed by atoms with Crippen LogP contribution < -0.4 is 0 Å². The lowest BCUT2D eigenvalue weighted by molar-refractivity contribution is 0.123. The highest BCUT2D eigenvalue weighted by Crippen LogP contribution is 1.89. The molecule has 0 radical (unpaired) electrons. The average Bonchev–Trinajstić information content (AvgIpc) is 2.06. The first-order valence-corrected chi connectivity index (χ1v) is 5.68. The molecule has 0 fully saturated rings. The summed E-state index contributed by atoms with van der Waals surface area (Å²) in [6.45, 7) is 8.00. The number of methoxy groups -OCH3 is 2. The van der Waals surface area contributed by atoms with Crippen molar-refractivity contribution in [1.82, 2.24) is 0 Å². The Morgan fingerprint density at radius 2 is 1.21 bits per heavy atom. The van der Waals surface area contributed by atoms with E-state index in [0.29, 0.717) is 17.7 Å². The normalized spacial score (nSPS) is 9.00. The lowest BCUT2D eigenvalue weighted by atomic mass is 10.5. The van der Waals surface area contributed by atoms with Gasteiger partial charge < -0.3 is 14.2 Å². The molecule has 0 N–H and O–H groups in total. The van der Waals surface area contributed by atoms with Crippen molar-refractivity contribution in [2.75, 3.05) is 26.8 Å². The van der Waals surface area contributed by atoms with E-state index in [1.54, 1.807) is 21.3 Å². The van der Waals surface area contributed by atoms with Gasteiger partial charge in [-0.25, -0.2) is 0 Å². The van der Waals surface area contributed by atoms with E-state index in [9.17, 15) is 0 Å². The molecule has 4 heteroatoms. The maximum absolute atomic E-state index is 4.96. The van der Waals surface area contributed by atoms with Gasteiger partial charge in [-0.05, 0) is 27.7 Å².